The number of amides is 3. The van der Waals surface area contributed by atoms with Crippen LogP contribution in [-0.2, 0) is 22.6 Å². The van der Waals surface area contributed by atoms with Crippen LogP contribution in [0.3, 0.4) is 0 Å². The van der Waals surface area contributed by atoms with Crippen molar-refractivity contribution in [3.05, 3.63) is 101 Å². The van der Waals surface area contributed by atoms with Crippen molar-refractivity contribution < 1.29 is 37.8 Å². The van der Waals surface area contributed by atoms with Gasteiger partial charge >= 0.3 is 0 Å². The molecule has 3 aromatic rings. The van der Waals surface area contributed by atoms with E-state index in [0.29, 0.717) is 11.1 Å². The normalized spacial score (nSPS) is 18.0. The van der Waals surface area contributed by atoms with Crippen LogP contribution < -0.4 is 10.6 Å². The van der Waals surface area contributed by atoms with Crippen molar-refractivity contribution in [1.82, 2.24) is 15.5 Å². The first-order valence-corrected chi connectivity index (χ1v) is 13.0. The van der Waals surface area contributed by atoms with Gasteiger partial charge < -0.3 is 25.7 Å². The lowest BCUT2D eigenvalue weighted by molar-refractivity contribution is -0.146. The summed E-state index contributed by atoms with van der Waals surface area (Å²) in [5, 5.41) is 26.2. The maximum Gasteiger partial charge on any atom is 0.254 e. The lowest BCUT2D eigenvalue weighted by Gasteiger charge is -2.30. The molecule has 216 valence electrons. The summed E-state index contributed by atoms with van der Waals surface area (Å²) in [6, 6.07) is 13.4. The molecule has 4 N–H and O–H groups in total. The molecule has 0 bridgehead atoms. The molecule has 41 heavy (non-hydrogen) atoms. The lowest BCUT2D eigenvalue weighted by Crippen LogP contribution is -2.55. The molecule has 1 aliphatic heterocycles. The van der Waals surface area contributed by atoms with E-state index in [1.165, 1.54) is 18.2 Å². The highest BCUT2D eigenvalue weighted by Crippen LogP contribution is 2.24. The van der Waals surface area contributed by atoms with E-state index in [-0.39, 0.29) is 29.7 Å². The molecule has 0 radical (unpaired) electrons. The zero-order valence-corrected chi connectivity index (χ0v) is 22.2. The van der Waals surface area contributed by atoms with Crippen molar-refractivity contribution >= 4 is 17.7 Å². The summed E-state index contributed by atoms with van der Waals surface area (Å²) < 4.78 is 42.0. The Balaban J connectivity index is 1.53. The molecule has 1 aliphatic rings. The van der Waals surface area contributed by atoms with Gasteiger partial charge in [0.1, 0.15) is 29.6 Å². The fourth-order valence-corrected chi connectivity index (χ4v) is 4.82. The van der Waals surface area contributed by atoms with E-state index in [2.05, 4.69) is 10.6 Å². The Hall–Kier alpha value is -4.38. The molecule has 4 rings (SSSR count). The Kier molecular flexibility index (Phi) is 9.28. The molecule has 0 aliphatic carbocycles. The molecule has 0 spiro atoms. The van der Waals surface area contributed by atoms with Gasteiger partial charge in [-0.15, -0.1) is 0 Å². The number of phenolic OH excluding ortho intramolecular Hbond substituents is 1. The SMILES string of the molecule is Cc1c(O)cccc1C(=O)N[C@@H](Cc1ccccc1)[C@H](O)C(=O)N1C[C@@H](F)C[C@H]1C(=O)NCc1cc(F)ccc1F. The van der Waals surface area contributed by atoms with Crippen LogP contribution in [0.4, 0.5) is 13.2 Å². The summed E-state index contributed by atoms with van der Waals surface area (Å²) in [4.78, 5) is 40.4. The Morgan fingerprint density at radius 2 is 1.78 bits per heavy atom. The molecule has 3 amide bonds. The van der Waals surface area contributed by atoms with Gasteiger partial charge in [-0.2, -0.15) is 0 Å². The summed E-state index contributed by atoms with van der Waals surface area (Å²) in [5.41, 5.74) is 0.998. The van der Waals surface area contributed by atoms with E-state index in [4.69, 9.17) is 0 Å². The van der Waals surface area contributed by atoms with Crippen molar-refractivity contribution in [2.24, 2.45) is 0 Å². The Labute approximate surface area is 234 Å². The zero-order valence-electron chi connectivity index (χ0n) is 22.2. The highest BCUT2D eigenvalue weighted by atomic mass is 19.1. The van der Waals surface area contributed by atoms with Crippen molar-refractivity contribution in [1.29, 1.82) is 0 Å². The van der Waals surface area contributed by atoms with Crippen LogP contribution in [0, 0.1) is 18.6 Å². The van der Waals surface area contributed by atoms with Crippen LogP contribution in [0.2, 0.25) is 0 Å². The van der Waals surface area contributed by atoms with Gasteiger partial charge in [0.05, 0.1) is 12.6 Å². The molecule has 11 heteroatoms. The van der Waals surface area contributed by atoms with Gasteiger partial charge in [-0.3, -0.25) is 14.4 Å². The number of aliphatic hydroxyl groups excluding tert-OH is 1. The third-order valence-electron chi connectivity index (χ3n) is 7.10. The van der Waals surface area contributed by atoms with Crippen molar-refractivity contribution in [3.8, 4) is 5.75 Å². The standard InChI is InChI=1S/C30H30F3N3O5/c1-17-22(8-5-9-26(17)37)28(39)35-24(12-18-6-3-2-4-7-18)27(38)30(41)36-16-21(32)14-25(36)29(40)34-15-19-13-20(31)10-11-23(19)33/h2-11,13,21,24-25,27,37-38H,12,14-16H2,1H3,(H,34,40)(H,35,39)/t21-,24-,25-,27-/m0/s1. The largest absolute Gasteiger partial charge is 0.508 e. The minimum atomic E-state index is -1.86. The summed E-state index contributed by atoms with van der Waals surface area (Å²) in [7, 11) is 0. The lowest BCUT2D eigenvalue weighted by atomic mass is 9.98. The number of halogens is 3. The van der Waals surface area contributed by atoms with E-state index < -0.39 is 66.8 Å². The number of nitrogens with zero attached hydrogens (tertiary/aromatic N) is 1. The smallest absolute Gasteiger partial charge is 0.254 e. The predicted octanol–water partition coefficient (Wildman–Crippen LogP) is 2.94. The van der Waals surface area contributed by atoms with E-state index in [0.717, 1.165) is 23.1 Å². The molecule has 1 fully saturated rings. The average molecular weight is 570 g/mol. The number of aromatic hydroxyl groups is 1. The second kappa shape index (κ2) is 12.9. The maximum atomic E-state index is 14.5. The first-order chi connectivity index (χ1) is 19.5. The molecule has 0 aromatic heterocycles. The Morgan fingerprint density at radius 3 is 2.51 bits per heavy atom. The zero-order chi connectivity index (χ0) is 29.7. The van der Waals surface area contributed by atoms with Crippen LogP contribution in [0.5, 0.6) is 5.75 Å². The number of likely N-dealkylation sites (tertiary alicyclic amines) is 1. The maximum absolute atomic E-state index is 14.5. The number of alkyl halides is 1. The monoisotopic (exact) mass is 569 g/mol. The van der Waals surface area contributed by atoms with Crippen LogP contribution in [0.25, 0.3) is 0 Å². The van der Waals surface area contributed by atoms with Crippen LogP contribution >= 0.6 is 0 Å². The van der Waals surface area contributed by atoms with E-state index >= 15 is 0 Å². The Bertz CT molecular complexity index is 1420. The number of benzene rings is 3. The number of carbonyl (C=O) groups excluding carboxylic acids is 3. The van der Waals surface area contributed by atoms with Gasteiger partial charge in [-0.1, -0.05) is 36.4 Å². The first-order valence-electron chi connectivity index (χ1n) is 13.0. The minimum Gasteiger partial charge on any atom is -0.508 e. The second-order valence-electron chi connectivity index (χ2n) is 9.96. The summed E-state index contributed by atoms with van der Waals surface area (Å²) in [6.07, 6.45) is -3.75. The Morgan fingerprint density at radius 1 is 1.05 bits per heavy atom. The van der Waals surface area contributed by atoms with E-state index in [1.54, 1.807) is 37.3 Å². The number of carbonyl (C=O) groups is 3. The van der Waals surface area contributed by atoms with Gasteiger partial charge in [0.2, 0.25) is 5.91 Å². The average Bonchev–Trinajstić information content (AvgIpc) is 3.35. The fraction of sp³-hybridized carbons (Fsp3) is 0.300. The third-order valence-corrected chi connectivity index (χ3v) is 7.10. The first kappa shape index (κ1) is 29.6. The quantitative estimate of drug-likeness (QED) is 0.316. The summed E-state index contributed by atoms with van der Waals surface area (Å²) in [6.45, 7) is 0.680. The molecule has 1 heterocycles. The van der Waals surface area contributed by atoms with E-state index in [1.807, 2.05) is 0 Å². The number of hydrogen-bond donors (Lipinski definition) is 4. The van der Waals surface area contributed by atoms with Crippen molar-refractivity contribution in [2.45, 2.75) is 50.7 Å². The number of aliphatic hydroxyl groups is 1. The van der Waals surface area contributed by atoms with E-state index in [9.17, 15) is 37.8 Å². The van der Waals surface area contributed by atoms with Crippen molar-refractivity contribution in [3.63, 3.8) is 0 Å². The van der Waals surface area contributed by atoms with Crippen LogP contribution in [0.1, 0.15) is 33.5 Å². The molecule has 3 aromatic carbocycles. The molecular formula is C30H30F3N3O5. The van der Waals surface area contributed by atoms with Gasteiger partial charge in [-0.05, 0) is 49.2 Å². The van der Waals surface area contributed by atoms with Gasteiger partial charge in [-0.25, -0.2) is 13.2 Å². The number of phenols is 1. The summed E-state index contributed by atoms with van der Waals surface area (Å²) in [5.74, 6) is -3.97. The molecule has 0 unspecified atom stereocenters. The van der Waals surface area contributed by atoms with Crippen molar-refractivity contribution in [2.75, 3.05) is 6.54 Å². The highest BCUT2D eigenvalue weighted by molar-refractivity contribution is 5.97. The number of nitrogens with one attached hydrogen (secondary N) is 2. The van der Waals surface area contributed by atoms with Crippen LogP contribution in [-0.4, -0.2) is 63.7 Å². The fourth-order valence-electron chi connectivity index (χ4n) is 4.82. The molecule has 0 saturated carbocycles. The topological polar surface area (TPSA) is 119 Å². The number of rotatable bonds is 9. The molecule has 1 saturated heterocycles. The molecular weight excluding hydrogens is 539 g/mol. The minimum absolute atomic E-state index is 0.0277. The molecule has 4 atom stereocenters. The predicted molar refractivity (Wildman–Crippen MR) is 143 cm³/mol. The second-order valence-corrected chi connectivity index (χ2v) is 9.96. The number of hydrogen-bond acceptors (Lipinski definition) is 5. The van der Waals surface area contributed by atoms with Gasteiger partial charge in [0.15, 0.2) is 6.10 Å². The van der Waals surface area contributed by atoms with Crippen LogP contribution in [0.15, 0.2) is 66.7 Å². The molecule has 8 nitrogen and oxygen atoms in total. The summed E-state index contributed by atoms with van der Waals surface area (Å²) >= 11 is 0. The van der Waals surface area contributed by atoms with Gasteiger partial charge in [0, 0.05) is 29.7 Å². The van der Waals surface area contributed by atoms with Gasteiger partial charge in [0.25, 0.3) is 11.8 Å². The third kappa shape index (κ3) is 7.04. The highest BCUT2D eigenvalue weighted by Gasteiger charge is 2.43.